The highest BCUT2D eigenvalue weighted by atomic mass is 16.2. The Morgan fingerprint density at radius 1 is 1.19 bits per heavy atom. The number of benzene rings is 1. The van der Waals surface area contributed by atoms with Crippen LogP contribution in [0.4, 0.5) is 17.2 Å². The number of pyridine rings is 1. The fraction of sp³-hybridized carbons (Fsp3) is 0.250. The Bertz CT molecular complexity index is 679. The number of fused-ring (bicyclic) bond motifs is 1. The van der Waals surface area contributed by atoms with Crippen molar-refractivity contribution in [3.05, 3.63) is 47.7 Å². The minimum absolute atomic E-state index is 0.0913. The highest BCUT2D eigenvalue weighted by Crippen LogP contribution is 2.26. The fourth-order valence-corrected chi connectivity index (χ4v) is 2.44. The largest absolute Gasteiger partial charge is 0.363 e. The Labute approximate surface area is 124 Å². The molecule has 1 aromatic heterocycles. The molecule has 1 aromatic carbocycles. The lowest BCUT2D eigenvalue weighted by Gasteiger charge is -2.12. The van der Waals surface area contributed by atoms with Gasteiger partial charge >= 0.3 is 0 Å². The summed E-state index contributed by atoms with van der Waals surface area (Å²) in [5.41, 5.74) is 3.75. The van der Waals surface area contributed by atoms with Crippen LogP contribution in [-0.4, -0.2) is 36.9 Å². The highest BCUT2D eigenvalue weighted by molar-refractivity contribution is 5.98. The first-order valence-electron chi connectivity index (χ1n) is 6.83. The topological polar surface area (TPSA) is 48.5 Å². The van der Waals surface area contributed by atoms with Gasteiger partial charge in [0, 0.05) is 38.9 Å². The second-order valence-corrected chi connectivity index (χ2v) is 5.46. The molecule has 1 N–H and O–H groups in total. The van der Waals surface area contributed by atoms with E-state index < -0.39 is 0 Å². The van der Waals surface area contributed by atoms with Gasteiger partial charge in [-0.15, -0.1) is 0 Å². The number of hydrogen-bond acceptors (Lipinski definition) is 4. The maximum atomic E-state index is 11.9. The van der Waals surface area contributed by atoms with E-state index in [1.54, 1.807) is 11.1 Å². The van der Waals surface area contributed by atoms with E-state index in [0.717, 1.165) is 28.3 Å². The number of nitrogens with one attached hydrogen (secondary N) is 1. The van der Waals surface area contributed by atoms with Gasteiger partial charge in [0.05, 0.1) is 11.9 Å². The van der Waals surface area contributed by atoms with Crippen LogP contribution in [-0.2, 0) is 6.54 Å². The summed E-state index contributed by atoms with van der Waals surface area (Å²) in [5, 5.41) is 3.32. The number of anilines is 3. The van der Waals surface area contributed by atoms with Crippen molar-refractivity contribution >= 4 is 23.1 Å². The molecule has 0 radical (unpaired) electrons. The first-order valence-corrected chi connectivity index (χ1v) is 6.83. The Balaban J connectivity index is 1.80. The SMILES string of the molecule is CN1Cc2cc(Nc3ccc(N(C)C)nc3)ccc2C1=O. The lowest BCUT2D eigenvalue weighted by atomic mass is 10.1. The monoisotopic (exact) mass is 282 g/mol. The molecule has 21 heavy (non-hydrogen) atoms. The van der Waals surface area contributed by atoms with Crippen LogP contribution in [0.2, 0.25) is 0 Å². The average molecular weight is 282 g/mol. The van der Waals surface area contributed by atoms with Gasteiger partial charge in [-0.05, 0) is 35.9 Å². The van der Waals surface area contributed by atoms with E-state index in [-0.39, 0.29) is 5.91 Å². The van der Waals surface area contributed by atoms with Gasteiger partial charge in [-0.1, -0.05) is 0 Å². The molecule has 1 aliphatic rings. The van der Waals surface area contributed by atoms with Crippen molar-refractivity contribution in [1.82, 2.24) is 9.88 Å². The number of carbonyl (C=O) groups is 1. The highest BCUT2D eigenvalue weighted by Gasteiger charge is 2.24. The van der Waals surface area contributed by atoms with Crippen LogP contribution in [0, 0.1) is 0 Å². The zero-order valence-electron chi connectivity index (χ0n) is 12.4. The van der Waals surface area contributed by atoms with E-state index in [1.807, 2.05) is 56.4 Å². The molecule has 5 nitrogen and oxygen atoms in total. The smallest absolute Gasteiger partial charge is 0.254 e. The summed E-state index contributed by atoms with van der Waals surface area (Å²) in [4.78, 5) is 19.9. The molecule has 1 amide bonds. The van der Waals surface area contributed by atoms with Crippen molar-refractivity contribution < 1.29 is 4.79 Å². The molecule has 108 valence electrons. The van der Waals surface area contributed by atoms with Gasteiger partial charge in [0.25, 0.3) is 5.91 Å². The first-order chi connectivity index (χ1) is 10.0. The number of nitrogens with zero attached hydrogens (tertiary/aromatic N) is 3. The molecule has 0 bridgehead atoms. The van der Waals surface area contributed by atoms with E-state index in [2.05, 4.69) is 10.3 Å². The third kappa shape index (κ3) is 2.54. The average Bonchev–Trinajstić information content (AvgIpc) is 2.74. The molecule has 0 spiro atoms. The lowest BCUT2D eigenvalue weighted by Crippen LogP contribution is -2.17. The van der Waals surface area contributed by atoms with Crippen LogP contribution in [0.1, 0.15) is 15.9 Å². The van der Waals surface area contributed by atoms with Crippen LogP contribution in [0.3, 0.4) is 0 Å². The van der Waals surface area contributed by atoms with E-state index in [4.69, 9.17) is 0 Å². The minimum atomic E-state index is 0.0913. The summed E-state index contributed by atoms with van der Waals surface area (Å²) in [6, 6.07) is 9.79. The van der Waals surface area contributed by atoms with Crippen molar-refractivity contribution in [2.45, 2.75) is 6.54 Å². The summed E-state index contributed by atoms with van der Waals surface area (Å²) in [6.45, 7) is 0.668. The van der Waals surface area contributed by atoms with Crippen LogP contribution in [0.5, 0.6) is 0 Å². The predicted molar refractivity (Wildman–Crippen MR) is 84.1 cm³/mol. The van der Waals surface area contributed by atoms with Gasteiger partial charge in [0.15, 0.2) is 0 Å². The standard InChI is InChI=1S/C16H18N4O/c1-19(2)15-7-5-13(9-17-15)18-12-4-6-14-11(8-12)10-20(3)16(14)21/h4-9,18H,10H2,1-3H3. The molecular weight excluding hydrogens is 264 g/mol. The van der Waals surface area contributed by atoms with Crippen molar-refractivity contribution in [3.8, 4) is 0 Å². The van der Waals surface area contributed by atoms with Crippen LogP contribution < -0.4 is 10.2 Å². The summed E-state index contributed by atoms with van der Waals surface area (Å²) in [5.74, 6) is 1.01. The molecule has 0 saturated carbocycles. The van der Waals surface area contributed by atoms with Gasteiger partial charge in [-0.3, -0.25) is 4.79 Å². The van der Waals surface area contributed by atoms with E-state index >= 15 is 0 Å². The quantitative estimate of drug-likeness (QED) is 0.939. The number of hydrogen-bond donors (Lipinski definition) is 1. The maximum Gasteiger partial charge on any atom is 0.254 e. The lowest BCUT2D eigenvalue weighted by molar-refractivity contribution is 0.0816. The van der Waals surface area contributed by atoms with Crippen molar-refractivity contribution in [2.75, 3.05) is 31.4 Å². The zero-order valence-corrected chi connectivity index (χ0v) is 12.4. The Hall–Kier alpha value is -2.56. The van der Waals surface area contributed by atoms with Crippen molar-refractivity contribution in [2.24, 2.45) is 0 Å². The van der Waals surface area contributed by atoms with E-state index in [1.165, 1.54) is 0 Å². The van der Waals surface area contributed by atoms with Gasteiger partial charge in [-0.25, -0.2) is 4.98 Å². The number of carbonyl (C=O) groups excluding carboxylic acids is 1. The number of amides is 1. The van der Waals surface area contributed by atoms with Gasteiger partial charge in [-0.2, -0.15) is 0 Å². The third-order valence-electron chi connectivity index (χ3n) is 3.58. The Kier molecular flexibility index (Phi) is 3.25. The molecule has 1 aliphatic heterocycles. The normalized spacial score (nSPS) is 13.3. The Morgan fingerprint density at radius 2 is 1.95 bits per heavy atom. The summed E-state index contributed by atoms with van der Waals surface area (Å²) < 4.78 is 0. The molecule has 0 aliphatic carbocycles. The molecule has 0 fully saturated rings. The third-order valence-corrected chi connectivity index (χ3v) is 3.58. The Morgan fingerprint density at radius 3 is 2.62 bits per heavy atom. The summed E-state index contributed by atoms with van der Waals surface area (Å²) in [7, 11) is 5.74. The summed E-state index contributed by atoms with van der Waals surface area (Å²) in [6.07, 6.45) is 1.81. The molecule has 0 atom stereocenters. The zero-order chi connectivity index (χ0) is 15.0. The minimum Gasteiger partial charge on any atom is -0.363 e. The van der Waals surface area contributed by atoms with Crippen molar-refractivity contribution in [1.29, 1.82) is 0 Å². The summed E-state index contributed by atoms with van der Waals surface area (Å²) >= 11 is 0. The predicted octanol–water partition coefficient (Wildman–Crippen LogP) is 2.48. The van der Waals surface area contributed by atoms with Crippen LogP contribution in [0.15, 0.2) is 36.5 Å². The second kappa shape index (κ2) is 5.09. The molecule has 2 heterocycles. The van der Waals surface area contributed by atoms with Crippen LogP contribution in [0.25, 0.3) is 0 Å². The van der Waals surface area contributed by atoms with Crippen molar-refractivity contribution in [3.63, 3.8) is 0 Å². The van der Waals surface area contributed by atoms with Gasteiger partial charge in [0.2, 0.25) is 0 Å². The first kappa shape index (κ1) is 13.4. The van der Waals surface area contributed by atoms with Gasteiger partial charge < -0.3 is 15.1 Å². The fourth-order valence-electron chi connectivity index (χ4n) is 2.44. The molecule has 2 aromatic rings. The molecular formula is C16H18N4O. The second-order valence-electron chi connectivity index (χ2n) is 5.46. The maximum absolute atomic E-state index is 11.9. The van der Waals surface area contributed by atoms with Gasteiger partial charge in [0.1, 0.15) is 5.82 Å². The number of rotatable bonds is 3. The molecule has 0 saturated heterocycles. The number of aromatic nitrogens is 1. The van der Waals surface area contributed by atoms with E-state index in [9.17, 15) is 4.79 Å². The van der Waals surface area contributed by atoms with Crippen LogP contribution >= 0.6 is 0 Å². The molecule has 5 heteroatoms. The van der Waals surface area contributed by atoms with E-state index in [0.29, 0.717) is 6.54 Å². The molecule has 0 unspecified atom stereocenters. The molecule has 3 rings (SSSR count).